The van der Waals surface area contributed by atoms with E-state index in [1.807, 2.05) is 11.0 Å². The van der Waals surface area contributed by atoms with Crippen LogP contribution >= 0.6 is 11.6 Å². The monoisotopic (exact) mass is 468 g/mol. The number of benzene rings is 1. The number of hydrogen-bond donors (Lipinski definition) is 1. The molecule has 1 aliphatic rings. The van der Waals surface area contributed by atoms with Crippen molar-refractivity contribution in [2.75, 3.05) is 38.0 Å². The van der Waals surface area contributed by atoms with E-state index < -0.39 is 22.7 Å². The number of amides is 1. The summed E-state index contributed by atoms with van der Waals surface area (Å²) < 4.78 is 41.8. The number of piperazine rings is 1. The van der Waals surface area contributed by atoms with Crippen LogP contribution in [0.3, 0.4) is 0 Å². The van der Waals surface area contributed by atoms with E-state index in [0.29, 0.717) is 38.5 Å². The van der Waals surface area contributed by atoms with Crippen LogP contribution in [0.2, 0.25) is 5.02 Å². The van der Waals surface area contributed by atoms with Gasteiger partial charge in [0.1, 0.15) is 0 Å². The van der Waals surface area contributed by atoms with Crippen LogP contribution in [0.1, 0.15) is 5.56 Å². The number of alkyl halides is 3. The molecule has 4 rings (SSSR count). The van der Waals surface area contributed by atoms with Crippen molar-refractivity contribution in [2.24, 2.45) is 0 Å². The highest BCUT2D eigenvalue weighted by molar-refractivity contribution is 6.31. The van der Waals surface area contributed by atoms with Crippen molar-refractivity contribution < 1.29 is 18.0 Å². The van der Waals surface area contributed by atoms with Crippen LogP contribution in [0.15, 0.2) is 47.4 Å². The lowest BCUT2D eigenvalue weighted by atomic mass is 10.2. The number of nitrogens with zero attached hydrogens (tertiary/aromatic N) is 5. The Hall–Kier alpha value is -2.89. The van der Waals surface area contributed by atoms with E-state index in [9.17, 15) is 22.8 Å². The number of hydrogen-bond acceptors (Lipinski definition) is 5. The fourth-order valence-electron chi connectivity index (χ4n) is 3.56. The zero-order chi connectivity index (χ0) is 22.9. The molecule has 3 aromatic rings. The zero-order valence-corrected chi connectivity index (χ0v) is 17.6. The van der Waals surface area contributed by atoms with Gasteiger partial charge in [-0.1, -0.05) is 17.7 Å². The van der Waals surface area contributed by atoms with Crippen LogP contribution in [0, 0.1) is 0 Å². The van der Waals surface area contributed by atoms with Crippen LogP contribution in [-0.2, 0) is 17.6 Å². The molecule has 2 aromatic heterocycles. The van der Waals surface area contributed by atoms with Gasteiger partial charge in [0, 0.05) is 38.1 Å². The number of nitrogens with one attached hydrogen (secondary N) is 1. The number of halogens is 4. The average molecular weight is 469 g/mol. The van der Waals surface area contributed by atoms with Gasteiger partial charge in [-0.25, -0.2) is 4.79 Å². The highest BCUT2D eigenvalue weighted by Gasteiger charge is 2.33. The maximum absolute atomic E-state index is 13.0. The molecule has 0 bridgehead atoms. The molecule has 0 radical (unpaired) electrons. The predicted octanol–water partition coefficient (Wildman–Crippen LogP) is 2.38. The topological polar surface area (TPSA) is 74.9 Å². The summed E-state index contributed by atoms with van der Waals surface area (Å²) in [5.41, 5.74) is -0.600. The maximum atomic E-state index is 13.0. The Kier molecular flexibility index (Phi) is 6.22. The van der Waals surface area contributed by atoms with E-state index in [1.54, 1.807) is 18.3 Å². The standard InChI is InChI=1S/C20H20ClF3N6O2/c21-16-5-4-14(11-15(16)20(22,23)24)25-18(31)12-27-7-9-28(10-8-27)13-30-19(32)29-6-2-1-3-17(29)26-30/h1-6,11H,7-10,12-13H2,(H,25,31). The molecular formula is C20H20ClF3N6O2. The van der Waals surface area contributed by atoms with E-state index in [0.717, 1.165) is 12.1 Å². The molecule has 1 amide bonds. The third kappa shape index (κ3) is 4.95. The Morgan fingerprint density at radius 3 is 2.50 bits per heavy atom. The summed E-state index contributed by atoms with van der Waals surface area (Å²) in [4.78, 5) is 28.6. The van der Waals surface area contributed by atoms with Crippen molar-refractivity contribution in [3.05, 3.63) is 63.7 Å². The Morgan fingerprint density at radius 2 is 1.81 bits per heavy atom. The van der Waals surface area contributed by atoms with Crippen molar-refractivity contribution in [1.82, 2.24) is 24.0 Å². The summed E-state index contributed by atoms with van der Waals surface area (Å²) in [7, 11) is 0. The maximum Gasteiger partial charge on any atom is 0.417 e. The first-order valence-corrected chi connectivity index (χ1v) is 10.2. The second-order valence-corrected chi connectivity index (χ2v) is 7.89. The molecule has 32 heavy (non-hydrogen) atoms. The molecule has 0 unspecified atom stereocenters. The van der Waals surface area contributed by atoms with Gasteiger partial charge in [-0.05, 0) is 30.3 Å². The summed E-state index contributed by atoms with van der Waals surface area (Å²) >= 11 is 5.60. The minimum atomic E-state index is -4.60. The number of carbonyl (C=O) groups excluding carboxylic acids is 1. The quantitative estimate of drug-likeness (QED) is 0.622. The van der Waals surface area contributed by atoms with E-state index in [-0.39, 0.29) is 17.9 Å². The molecular weight excluding hydrogens is 449 g/mol. The second-order valence-electron chi connectivity index (χ2n) is 7.49. The van der Waals surface area contributed by atoms with Crippen molar-refractivity contribution in [3.8, 4) is 0 Å². The van der Waals surface area contributed by atoms with Gasteiger partial charge in [-0.3, -0.25) is 19.0 Å². The normalized spacial score (nSPS) is 15.9. The minimum Gasteiger partial charge on any atom is -0.325 e. The van der Waals surface area contributed by atoms with Crippen LogP contribution < -0.4 is 11.0 Å². The van der Waals surface area contributed by atoms with Crippen LogP contribution in [0.4, 0.5) is 18.9 Å². The number of pyridine rings is 1. The SMILES string of the molecule is O=C(CN1CCN(Cn2nc3ccccn3c2=O)CC1)Nc1ccc(Cl)c(C(F)(F)F)c1. The van der Waals surface area contributed by atoms with Gasteiger partial charge in [0.2, 0.25) is 5.91 Å². The molecule has 0 aliphatic carbocycles. The van der Waals surface area contributed by atoms with Crippen LogP contribution in [0.5, 0.6) is 0 Å². The smallest absolute Gasteiger partial charge is 0.325 e. The predicted molar refractivity (Wildman–Crippen MR) is 113 cm³/mol. The molecule has 1 fully saturated rings. The lowest BCUT2D eigenvalue weighted by Crippen LogP contribution is -2.49. The first-order valence-electron chi connectivity index (χ1n) is 9.86. The van der Waals surface area contributed by atoms with Crippen molar-refractivity contribution in [1.29, 1.82) is 0 Å². The molecule has 1 saturated heterocycles. The fourth-order valence-corrected chi connectivity index (χ4v) is 3.79. The second kappa shape index (κ2) is 8.93. The van der Waals surface area contributed by atoms with Gasteiger partial charge in [0.05, 0.1) is 23.8 Å². The third-order valence-electron chi connectivity index (χ3n) is 5.21. The van der Waals surface area contributed by atoms with Gasteiger partial charge in [-0.15, -0.1) is 5.10 Å². The van der Waals surface area contributed by atoms with Gasteiger partial charge in [0.25, 0.3) is 0 Å². The summed E-state index contributed by atoms with van der Waals surface area (Å²) in [5.74, 6) is -0.412. The minimum absolute atomic E-state index is 0.0385. The molecule has 170 valence electrons. The van der Waals surface area contributed by atoms with Crippen molar-refractivity contribution in [3.63, 3.8) is 0 Å². The van der Waals surface area contributed by atoms with Gasteiger partial charge >= 0.3 is 11.9 Å². The van der Waals surface area contributed by atoms with Crippen molar-refractivity contribution in [2.45, 2.75) is 12.8 Å². The number of aromatic nitrogens is 3. The van der Waals surface area contributed by atoms with E-state index >= 15 is 0 Å². The Morgan fingerprint density at radius 1 is 1.09 bits per heavy atom. The Labute approximate surface area is 185 Å². The zero-order valence-electron chi connectivity index (χ0n) is 16.8. The van der Waals surface area contributed by atoms with Crippen LogP contribution in [0.25, 0.3) is 5.65 Å². The third-order valence-corrected chi connectivity index (χ3v) is 5.54. The van der Waals surface area contributed by atoms with Crippen molar-refractivity contribution >= 4 is 28.8 Å². The number of rotatable bonds is 5. The summed E-state index contributed by atoms with van der Waals surface area (Å²) in [6.45, 7) is 2.77. The molecule has 0 spiro atoms. The molecule has 3 heterocycles. The molecule has 0 saturated carbocycles. The molecule has 12 heteroatoms. The molecule has 1 aromatic carbocycles. The molecule has 8 nitrogen and oxygen atoms in total. The summed E-state index contributed by atoms with van der Waals surface area (Å²) in [6.07, 6.45) is -2.94. The molecule has 1 N–H and O–H groups in total. The summed E-state index contributed by atoms with van der Waals surface area (Å²) in [5, 5.41) is 6.38. The van der Waals surface area contributed by atoms with Crippen LogP contribution in [-0.4, -0.2) is 62.6 Å². The Balaban J connectivity index is 1.30. The first kappa shape index (κ1) is 22.3. The van der Waals surface area contributed by atoms with E-state index in [4.69, 9.17) is 11.6 Å². The van der Waals surface area contributed by atoms with E-state index in [1.165, 1.54) is 15.1 Å². The number of fused-ring (bicyclic) bond motifs is 1. The Bertz CT molecular complexity index is 1180. The largest absolute Gasteiger partial charge is 0.417 e. The van der Waals surface area contributed by atoms with Gasteiger partial charge in [-0.2, -0.15) is 17.9 Å². The fraction of sp³-hybridized carbons (Fsp3) is 0.350. The molecule has 1 aliphatic heterocycles. The van der Waals surface area contributed by atoms with E-state index in [2.05, 4.69) is 15.3 Å². The average Bonchev–Trinajstić information content (AvgIpc) is 3.05. The first-order chi connectivity index (χ1) is 15.2. The lowest BCUT2D eigenvalue weighted by molar-refractivity contribution is -0.137. The van der Waals surface area contributed by atoms with Gasteiger partial charge in [0.15, 0.2) is 5.65 Å². The van der Waals surface area contributed by atoms with Gasteiger partial charge < -0.3 is 5.32 Å². The highest BCUT2D eigenvalue weighted by atomic mass is 35.5. The highest BCUT2D eigenvalue weighted by Crippen LogP contribution is 2.36. The summed E-state index contributed by atoms with van der Waals surface area (Å²) in [6, 6.07) is 8.60. The number of carbonyl (C=O) groups is 1. The molecule has 0 atom stereocenters. The lowest BCUT2D eigenvalue weighted by Gasteiger charge is -2.33. The number of anilines is 1.